The van der Waals surface area contributed by atoms with Crippen LogP contribution >= 0.6 is 11.3 Å². The van der Waals surface area contributed by atoms with Gasteiger partial charge in [-0.05, 0) is 56.5 Å². The number of amides is 4. The Kier molecular flexibility index (Phi) is 7.28. The van der Waals surface area contributed by atoms with E-state index in [2.05, 4.69) is 16.0 Å². The molecule has 1 aromatic carbocycles. The molecule has 0 spiro atoms. The lowest BCUT2D eigenvalue weighted by atomic mass is 10.2. The Hall–Kier alpha value is -3.20. The highest BCUT2D eigenvalue weighted by molar-refractivity contribution is 7.12. The first-order valence-electron chi connectivity index (χ1n) is 8.53. The standard InChI is InChI=1S/C19H21N3O5S/c1-11(2)20-19(26)22-16(23)12(3)27-18(25)13-6-8-14(9-7-13)21-17(24)15-5-4-10-28-15/h4-12H,1-3H3,(H,21,24)(H2,20,22,23,26)/t12-/m0/s1. The van der Waals surface area contributed by atoms with Crippen LogP contribution in [0.25, 0.3) is 0 Å². The van der Waals surface area contributed by atoms with Crippen molar-refractivity contribution in [2.24, 2.45) is 0 Å². The van der Waals surface area contributed by atoms with E-state index in [-0.39, 0.29) is 17.5 Å². The van der Waals surface area contributed by atoms with Gasteiger partial charge in [0.05, 0.1) is 10.4 Å². The summed E-state index contributed by atoms with van der Waals surface area (Å²) in [6.45, 7) is 4.87. The molecule has 2 aromatic rings. The first kappa shape index (κ1) is 21.1. The van der Waals surface area contributed by atoms with Gasteiger partial charge in [-0.1, -0.05) is 6.07 Å². The van der Waals surface area contributed by atoms with Crippen LogP contribution in [-0.2, 0) is 9.53 Å². The maximum Gasteiger partial charge on any atom is 0.338 e. The number of anilines is 1. The van der Waals surface area contributed by atoms with Crippen molar-refractivity contribution >= 4 is 40.8 Å². The Bertz CT molecular complexity index is 847. The number of thiophene rings is 1. The molecular weight excluding hydrogens is 382 g/mol. The highest BCUT2D eigenvalue weighted by atomic mass is 32.1. The van der Waals surface area contributed by atoms with Crippen molar-refractivity contribution in [1.29, 1.82) is 0 Å². The topological polar surface area (TPSA) is 114 Å². The van der Waals surface area contributed by atoms with Crippen LogP contribution in [0.4, 0.5) is 10.5 Å². The number of esters is 1. The second-order valence-corrected chi connectivity index (χ2v) is 7.12. The van der Waals surface area contributed by atoms with Gasteiger partial charge < -0.3 is 15.4 Å². The molecule has 0 aliphatic carbocycles. The second-order valence-electron chi connectivity index (χ2n) is 6.17. The number of carbonyl (C=O) groups excluding carboxylic acids is 4. The van der Waals surface area contributed by atoms with Crippen LogP contribution in [0.15, 0.2) is 41.8 Å². The fraction of sp³-hybridized carbons (Fsp3) is 0.263. The minimum atomic E-state index is -1.15. The van der Waals surface area contributed by atoms with Gasteiger partial charge in [-0.25, -0.2) is 9.59 Å². The molecule has 1 aromatic heterocycles. The number of hydrogen-bond acceptors (Lipinski definition) is 6. The molecule has 1 heterocycles. The van der Waals surface area contributed by atoms with E-state index in [0.29, 0.717) is 10.6 Å². The average molecular weight is 403 g/mol. The van der Waals surface area contributed by atoms with E-state index in [9.17, 15) is 19.2 Å². The molecule has 28 heavy (non-hydrogen) atoms. The number of nitrogens with one attached hydrogen (secondary N) is 3. The maximum absolute atomic E-state index is 12.2. The maximum atomic E-state index is 12.2. The van der Waals surface area contributed by atoms with E-state index in [1.807, 2.05) is 0 Å². The number of carbonyl (C=O) groups is 4. The van der Waals surface area contributed by atoms with Crippen LogP contribution in [0.2, 0.25) is 0 Å². The Balaban J connectivity index is 1.89. The summed E-state index contributed by atoms with van der Waals surface area (Å²) >= 11 is 1.32. The molecule has 0 radical (unpaired) electrons. The van der Waals surface area contributed by atoms with Crippen molar-refractivity contribution in [3.05, 3.63) is 52.2 Å². The zero-order valence-corrected chi connectivity index (χ0v) is 16.5. The molecule has 148 valence electrons. The summed E-state index contributed by atoms with van der Waals surface area (Å²) in [6, 6.07) is 8.76. The van der Waals surface area contributed by atoms with Crippen molar-refractivity contribution in [1.82, 2.24) is 10.6 Å². The van der Waals surface area contributed by atoms with E-state index in [4.69, 9.17) is 4.74 Å². The highest BCUT2D eigenvalue weighted by Gasteiger charge is 2.21. The lowest BCUT2D eigenvalue weighted by molar-refractivity contribution is -0.127. The van der Waals surface area contributed by atoms with Gasteiger partial charge in [0.25, 0.3) is 11.8 Å². The molecule has 1 atom stereocenters. The Morgan fingerprint density at radius 2 is 1.68 bits per heavy atom. The normalized spacial score (nSPS) is 11.4. The number of imide groups is 1. The van der Waals surface area contributed by atoms with E-state index in [1.54, 1.807) is 43.5 Å². The van der Waals surface area contributed by atoms with Crippen LogP contribution in [0.3, 0.4) is 0 Å². The van der Waals surface area contributed by atoms with Gasteiger partial charge in [0.15, 0.2) is 6.10 Å². The molecule has 0 saturated carbocycles. The first-order chi connectivity index (χ1) is 13.3. The SMILES string of the molecule is CC(C)NC(=O)NC(=O)[C@H](C)OC(=O)c1ccc(NC(=O)c2cccs2)cc1. The molecule has 0 bridgehead atoms. The van der Waals surface area contributed by atoms with Gasteiger partial charge in [-0.2, -0.15) is 0 Å². The summed E-state index contributed by atoms with van der Waals surface area (Å²) in [4.78, 5) is 48.1. The van der Waals surface area contributed by atoms with Crippen LogP contribution in [0.5, 0.6) is 0 Å². The van der Waals surface area contributed by atoms with Gasteiger partial charge in [0, 0.05) is 11.7 Å². The second kappa shape index (κ2) is 9.65. The molecule has 0 saturated heterocycles. The molecule has 8 nitrogen and oxygen atoms in total. The van der Waals surface area contributed by atoms with Crippen LogP contribution in [-0.4, -0.2) is 36.0 Å². The summed E-state index contributed by atoms with van der Waals surface area (Å²) in [5.41, 5.74) is 0.728. The average Bonchev–Trinajstić information content (AvgIpc) is 3.16. The molecule has 4 amide bonds. The van der Waals surface area contributed by atoms with E-state index >= 15 is 0 Å². The third kappa shape index (κ3) is 6.20. The van der Waals surface area contributed by atoms with Gasteiger partial charge in [0.1, 0.15) is 0 Å². The molecule has 0 unspecified atom stereocenters. The first-order valence-corrected chi connectivity index (χ1v) is 9.41. The minimum Gasteiger partial charge on any atom is -0.449 e. The highest BCUT2D eigenvalue weighted by Crippen LogP contribution is 2.15. The van der Waals surface area contributed by atoms with Crippen molar-refractivity contribution in [2.75, 3.05) is 5.32 Å². The predicted octanol–water partition coefficient (Wildman–Crippen LogP) is 2.78. The lowest BCUT2D eigenvalue weighted by Gasteiger charge is -2.14. The summed E-state index contributed by atoms with van der Waals surface area (Å²) in [5.74, 6) is -1.69. The van der Waals surface area contributed by atoms with Crippen LogP contribution < -0.4 is 16.0 Å². The quantitative estimate of drug-likeness (QED) is 0.642. The minimum absolute atomic E-state index is 0.135. The third-order valence-corrected chi connectivity index (χ3v) is 4.30. The third-order valence-electron chi connectivity index (χ3n) is 3.43. The lowest BCUT2D eigenvalue weighted by Crippen LogP contribution is -2.46. The summed E-state index contributed by atoms with van der Waals surface area (Å²) in [7, 11) is 0. The number of urea groups is 1. The number of rotatable bonds is 6. The number of ether oxygens (including phenoxy) is 1. The molecule has 9 heteroatoms. The molecule has 0 aliphatic heterocycles. The Morgan fingerprint density at radius 1 is 1.00 bits per heavy atom. The van der Waals surface area contributed by atoms with Crippen molar-refractivity contribution in [3.63, 3.8) is 0 Å². The smallest absolute Gasteiger partial charge is 0.338 e. The Labute approximate surface area is 166 Å². The van der Waals surface area contributed by atoms with Gasteiger partial charge in [0.2, 0.25) is 0 Å². The zero-order chi connectivity index (χ0) is 20.7. The number of benzene rings is 1. The van der Waals surface area contributed by atoms with Crippen molar-refractivity contribution < 1.29 is 23.9 Å². The van der Waals surface area contributed by atoms with Crippen molar-refractivity contribution in [3.8, 4) is 0 Å². The van der Waals surface area contributed by atoms with Gasteiger partial charge in [-0.3, -0.25) is 14.9 Å². The molecule has 3 N–H and O–H groups in total. The van der Waals surface area contributed by atoms with E-state index < -0.39 is 24.0 Å². The molecule has 0 aliphatic rings. The largest absolute Gasteiger partial charge is 0.449 e. The number of hydrogen-bond donors (Lipinski definition) is 3. The van der Waals surface area contributed by atoms with Gasteiger partial charge >= 0.3 is 12.0 Å². The summed E-state index contributed by atoms with van der Waals surface area (Å²) in [6.07, 6.45) is -1.15. The van der Waals surface area contributed by atoms with Crippen LogP contribution in [0, 0.1) is 0 Å². The molecular formula is C19H21N3O5S. The van der Waals surface area contributed by atoms with E-state index in [1.165, 1.54) is 30.4 Å². The fourth-order valence-electron chi connectivity index (χ4n) is 2.08. The fourth-order valence-corrected chi connectivity index (χ4v) is 2.70. The zero-order valence-electron chi connectivity index (χ0n) is 15.6. The Morgan fingerprint density at radius 3 is 2.25 bits per heavy atom. The molecule has 0 fully saturated rings. The predicted molar refractivity (Wildman–Crippen MR) is 105 cm³/mol. The van der Waals surface area contributed by atoms with E-state index in [0.717, 1.165) is 0 Å². The summed E-state index contributed by atoms with van der Waals surface area (Å²) < 4.78 is 5.07. The van der Waals surface area contributed by atoms with Crippen LogP contribution in [0.1, 0.15) is 40.8 Å². The monoisotopic (exact) mass is 403 g/mol. The van der Waals surface area contributed by atoms with Crippen molar-refractivity contribution in [2.45, 2.75) is 32.9 Å². The summed E-state index contributed by atoms with van der Waals surface area (Å²) in [5, 5.41) is 9.12. The molecule has 2 rings (SSSR count). The van der Waals surface area contributed by atoms with Gasteiger partial charge in [-0.15, -0.1) is 11.3 Å².